The van der Waals surface area contributed by atoms with Gasteiger partial charge in [-0.05, 0) is 0 Å². The molecule has 0 aliphatic heterocycles. The van der Waals surface area contributed by atoms with Crippen molar-refractivity contribution in [2.45, 2.75) is 44.9 Å². The predicted molar refractivity (Wildman–Crippen MR) is 39.4 cm³/mol. The molecule has 1 fully saturated rings. The van der Waals surface area contributed by atoms with E-state index in [2.05, 4.69) is 0 Å². The highest BCUT2D eigenvalue weighted by molar-refractivity contribution is 4.51. The molecule has 1 heteroatoms. The van der Waals surface area contributed by atoms with Crippen LogP contribution in [-0.4, -0.2) is 7.18 Å². The van der Waals surface area contributed by atoms with E-state index in [0.29, 0.717) is 7.18 Å². The van der Waals surface area contributed by atoms with Gasteiger partial charge in [-0.25, -0.2) is 0 Å². The van der Waals surface area contributed by atoms with Crippen molar-refractivity contribution in [1.82, 2.24) is 0 Å². The molecule has 0 atom stereocenters. The van der Waals surface area contributed by atoms with E-state index in [-0.39, 0.29) is 0 Å². The molecule has 1 aliphatic carbocycles. The second kappa shape index (κ2) is 7.93. The zero-order valence-corrected chi connectivity index (χ0v) is 6.33. The second-order valence-corrected chi connectivity index (χ2v) is 2.47. The Balaban J connectivity index is 0.000000291. The molecule has 0 saturated heterocycles. The minimum Gasteiger partial charge on any atom is -0.255 e. The monoisotopic (exact) mass is 132 g/mol. The maximum absolute atomic E-state index is 9.50. The third kappa shape index (κ3) is 5.81. The normalized spacial score (nSPS) is 19.3. The Morgan fingerprint density at radius 1 is 0.556 bits per heavy atom. The highest BCUT2D eigenvalue weighted by Crippen LogP contribution is 2.15. The molecule has 1 aliphatic rings. The summed E-state index contributed by atoms with van der Waals surface area (Å²) in [5.74, 6) is 0. The summed E-state index contributed by atoms with van der Waals surface area (Å²) in [5, 5.41) is 0. The Kier molecular flexibility index (Phi) is 7.87. The van der Waals surface area contributed by atoms with Crippen LogP contribution in [0.1, 0.15) is 44.9 Å². The van der Waals surface area contributed by atoms with E-state index in [1.807, 2.05) is 0 Å². The summed E-state index contributed by atoms with van der Waals surface area (Å²) < 4.78 is 9.50. The van der Waals surface area contributed by atoms with Gasteiger partial charge in [0.2, 0.25) is 0 Å². The highest BCUT2D eigenvalue weighted by Gasteiger charge is 1.95. The third-order valence-corrected chi connectivity index (χ3v) is 1.75. The fourth-order valence-corrected chi connectivity index (χ4v) is 1.24. The highest BCUT2D eigenvalue weighted by atomic mass is 19.1. The number of hydrogen-bond donors (Lipinski definition) is 0. The zero-order chi connectivity index (χ0) is 6.95. The first-order valence-corrected chi connectivity index (χ1v) is 3.88. The first-order valence-electron chi connectivity index (χ1n) is 3.88. The average molecular weight is 132 g/mol. The van der Waals surface area contributed by atoms with E-state index in [1.54, 1.807) is 0 Å². The van der Waals surface area contributed by atoms with Crippen molar-refractivity contribution in [1.29, 1.82) is 0 Å². The second-order valence-electron chi connectivity index (χ2n) is 2.47. The maximum atomic E-state index is 9.50. The van der Waals surface area contributed by atoms with Crippen molar-refractivity contribution < 1.29 is 4.39 Å². The Hall–Kier alpha value is -0.0700. The maximum Gasteiger partial charge on any atom is 0.0785 e. The van der Waals surface area contributed by atoms with E-state index in [9.17, 15) is 4.39 Å². The van der Waals surface area contributed by atoms with E-state index in [4.69, 9.17) is 0 Å². The summed E-state index contributed by atoms with van der Waals surface area (Å²) in [4.78, 5) is 0. The van der Waals surface area contributed by atoms with Crippen molar-refractivity contribution in [3.8, 4) is 0 Å². The third-order valence-electron chi connectivity index (χ3n) is 1.75. The molecule has 0 amide bonds. The average Bonchev–Trinajstić information content (AvgIpc) is 2.21. The molecule has 0 aromatic carbocycles. The molecular weight excluding hydrogens is 115 g/mol. The molecule has 0 radical (unpaired) electrons. The molecule has 0 aromatic rings. The van der Waals surface area contributed by atoms with Gasteiger partial charge in [-0.1, -0.05) is 44.9 Å². The molecule has 0 spiro atoms. The van der Waals surface area contributed by atoms with Gasteiger partial charge in [0, 0.05) is 0 Å². The van der Waals surface area contributed by atoms with Crippen LogP contribution < -0.4 is 0 Å². The fourth-order valence-electron chi connectivity index (χ4n) is 1.24. The molecule has 0 aromatic heterocycles. The number of rotatable bonds is 0. The topological polar surface area (TPSA) is 0 Å². The van der Waals surface area contributed by atoms with Crippen LogP contribution >= 0.6 is 0 Å². The van der Waals surface area contributed by atoms with Gasteiger partial charge in [-0.2, -0.15) is 0 Å². The van der Waals surface area contributed by atoms with Crippen LogP contribution in [0.5, 0.6) is 0 Å². The van der Waals surface area contributed by atoms with Crippen LogP contribution in [0.15, 0.2) is 0 Å². The van der Waals surface area contributed by atoms with E-state index >= 15 is 0 Å². The summed E-state index contributed by atoms with van der Waals surface area (Å²) in [6.45, 7) is 0. The molecule has 1 saturated carbocycles. The van der Waals surface area contributed by atoms with Crippen LogP contribution in [0, 0.1) is 0 Å². The van der Waals surface area contributed by atoms with Gasteiger partial charge in [-0.3, -0.25) is 4.39 Å². The molecule has 0 heterocycles. The van der Waals surface area contributed by atoms with Gasteiger partial charge >= 0.3 is 0 Å². The Morgan fingerprint density at radius 2 is 0.667 bits per heavy atom. The molecule has 56 valence electrons. The molecule has 0 nitrogen and oxygen atoms in total. The molecule has 1 rings (SSSR count). The number of hydrogen-bond acceptors (Lipinski definition) is 0. The summed E-state index contributed by atoms with van der Waals surface area (Å²) >= 11 is 0. The summed E-state index contributed by atoms with van der Waals surface area (Å²) in [6, 6.07) is 0. The molecule has 0 unspecified atom stereocenters. The Morgan fingerprint density at radius 3 is 0.778 bits per heavy atom. The van der Waals surface area contributed by atoms with Crippen molar-refractivity contribution >= 4 is 0 Å². The van der Waals surface area contributed by atoms with Crippen molar-refractivity contribution in [3.05, 3.63) is 0 Å². The van der Waals surface area contributed by atoms with Crippen LogP contribution in [0.2, 0.25) is 0 Å². The molecular formula is C8H17F. The van der Waals surface area contributed by atoms with Gasteiger partial charge in [-0.15, -0.1) is 0 Å². The standard InChI is InChI=1S/C7H14.CH3F/c1-2-4-6-7-5-3-1;1-2/h1-7H2;1H3. The predicted octanol–water partition coefficient (Wildman–Crippen LogP) is 3.32. The lowest BCUT2D eigenvalue weighted by molar-refractivity contribution is 0.636. The zero-order valence-electron chi connectivity index (χ0n) is 6.33. The summed E-state index contributed by atoms with van der Waals surface area (Å²) in [7, 11) is 0.500. The van der Waals surface area contributed by atoms with Gasteiger partial charge in [0.05, 0.1) is 7.18 Å². The summed E-state index contributed by atoms with van der Waals surface area (Å²) in [5.41, 5.74) is 0. The van der Waals surface area contributed by atoms with Crippen molar-refractivity contribution in [3.63, 3.8) is 0 Å². The minimum absolute atomic E-state index is 0.500. The van der Waals surface area contributed by atoms with Crippen molar-refractivity contribution in [2.75, 3.05) is 7.18 Å². The van der Waals surface area contributed by atoms with Crippen LogP contribution in [-0.2, 0) is 0 Å². The van der Waals surface area contributed by atoms with Crippen molar-refractivity contribution in [2.24, 2.45) is 0 Å². The lowest BCUT2D eigenvalue weighted by atomic mass is 10.2. The molecule has 0 bridgehead atoms. The smallest absolute Gasteiger partial charge is 0.0785 e. The van der Waals surface area contributed by atoms with Gasteiger partial charge in [0.15, 0.2) is 0 Å². The lowest BCUT2D eigenvalue weighted by Crippen LogP contribution is -1.66. The minimum atomic E-state index is 0.500. The largest absolute Gasteiger partial charge is 0.255 e. The first kappa shape index (κ1) is 8.93. The van der Waals surface area contributed by atoms with E-state index in [0.717, 1.165) is 0 Å². The van der Waals surface area contributed by atoms with Crippen LogP contribution in [0.25, 0.3) is 0 Å². The number of alkyl halides is 1. The molecule has 0 N–H and O–H groups in total. The van der Waals surface area contributed by atoms with Gasteiger partial charge in [0.25, 0.3) is 0 Å². The van der Waals surface area contributed by atoms with E-state index in [1.165, 1.54) is 44.9 Å². The van der Waals surface area contributed by atoms with Gasteiger partial charge < -0.3 is 0 Å². The Labute approximate surface area is 57.5 Å². The lowest BCUT2D eigenvalue weighted by Gasteiger charge is -1.85. The Bertz CT molecular complexity index is 24.2. The first-order chi connectivity index (χ1) is 4.50. The van der Waals surface area contributed by atoms with Crippen LogP contribution in [0.3, 0.4) is 0 Å². The van der Waals surface area contributed by atoms with E-state index < -0.39 is 0 Å². The summed E-state index contributed by atoms with van der Waals surface area (Å²) in [6.07, 6.45) is 10.5. The van der Waals surface area contributed by atoms with Crippen LogP contribution in [0.4, 0.5) is 4.39 Å². The fraction of sp³-hybridized carbons (Fsp3) is 1.00. The SMILES string of the molecule is C1CCCCCC1.CF. The quantitative estimate of drug-likeness (QED) is 0.443. The number of halogens is 1. The molecule has 9 heavy (non-hydrogen) atoms. The van der Waals surface area contributed by atoms with Gasteiger partial charge in [0.1, 0.15) is 0 Å².